The molecule has 0 aromatic heterocycles. The normalized spacial score (nSPS) is 36.3. The van der Waals surface area contributed by atoms with Crippen LogP contribution in [0.1, 0.15) is 58.3 Å². The van der Waals surface area contributed by atoms with Gasteiger partial charge in [-0.25, -0.2) is 0 Å². The molecule has 0 spiro atoms. The van der Waals surface area contributed by atoms with Crippen LogP contribution in [0.25, 0.3) is 0 Å². The summed E-state index contributed by atoms with van der Waals surface area (Å²) in [5.41, 5.74) is 0. The molecule has 2 saturated heterocycles. The van der Waals surface area contributed by atoms with E-state index < -0.39 is 5.97 Å². The van der Waals surface area contributed by atoms with Crippen LogP contribution in [0.4, 0.5) is 0 Å². The highest BCUT2D eigenvalue weighted by Crippen LogP contribution is 2.34. The molecule has 1 N–H and O–H groups in total. The zero-order valence-corrected chi connectivity index (χ0v) is 13.3. The van der Waals surface area contributed by atoms with Gasteiger partial charge in [-0.15, -0.1) is 0 Å². The SMILES string of the molecule is CCC1CCC(N2CCC(N3CCCC3C(=O)O)CC2)C1. The van der Waals surface area contributed by atoms with E-state index in [9.17, 15) is 9.90 Å². The predicted molar refractivity (Wildman–Crippen MR) is 83.4 cm³/mol. The second kappa shape index (κ2) is 6.66. The van der Waals surface area contributed by atoms with Crippen LogP contribution < -0.4 is 0 Å². The highest BCUT2D eigenvalue weighted by Gasteiger charge is 2.38. The Balaban J connectivity index is 1.50. The molecule has 3 aliphatic rings. The van der Waals surface area contributed by atoms with E-state index in [1.54, 1.807) is 0 Å². The summed E-state index contributed by atoms with van der Waals surface area (Å²) in [5.74, 6) is 0.333. The molecule has 4 nitrogen and oxygen atoms in total. The van der Waals surface area contributed by atoms with Crippen molar-refractivity contribution in [2.45, 2.75) is 76.4 Å². The minimum absolute atomic E-state index is 0.211. The van der Waals surface area contributed by atoms with Gasteiger partial charge < -0.3 is 10.0 Å². The fourth-order valence-corrected chi connectivity index (χ4v) is 4.82. The molecule has 1 aliphatic carbocycles. The number of carbonyl (C=O) groups is 1. The van der Waals surface area contributed by atoms with Crippen LogP contribution in [0.3, 0.4) is 0 Å². The summed E-state index contributed by atoms with van der Waals surface area (Å²) >= 11 is 0. The van der Waals surface area contributed by atoms with Crippen LogP contribution in [0, 0.1) is 5.92 Å². The first-order valence-corrected chi connectivity index (χ1v) is 8.91. The maximum Gasteiger partial charge on any atom is 0.320 e. The lowest BCUT2D eigenvalue weighted by molar-refractivity contribution is -0.143. The number of carboxylic acid groups (broad SMARTS) is 1. The highest BCUT2D eigenvalue weighted by atomic mass is 16.4. The van der Waals surface area contributed by atoms with Crippen molar-refractivity contribution in [3.8, 4) is 0 Å². The van der Waals surface area contributed by atoms with E-state index in [4.69, 9.17) is 0 Å². The molecule has 3 atom stereocenters. The summed E-state index contributed by atoms with van der Waals surface area (Å²) in [6, 6.07) is 1.11. The Morgan fingerprint density at radius 3 is 2.43 bits per heavy atom. The summed E-state index contributed by atoms with van der Waals surface area (Å²) in [6.45, 7) is 5.66. The number of hydrogen-bond acceptors (Lipinski definition) is 3. The van der Waals surface area contributed by atoms with Crippen LogP contribution in [-0.2, 0) is 4.79 Å². The van der Waals surface area contributed by atoms with Gasteiger partial charge in [0.1, 0.15) is 6.04 Å². The van der Waals surface area contributed by atoms with Crippen molar-refractivity contribution in [1.29, 1.82) is 0 Å². The van der Waals surface area contributed by atoms with E-state index in [-0.39, 0.29) is 6.04 Å². The van der Waals surface area contributed by atoms with Crippen molar-refractivity contribution in [2.24, 2.45) is 5.92 Å². The van der Waals surface area contributed by atoms with Crippen LogP contribution in [-0.4, -0.2) is 58.6 Å². The monoisotopic (exact) mass is 294 g/mol. The second-order valence-corrected chi connectivity index (χ2v) is 7.24. The molecule has 0 aromatic rings. The van der Waals surface area contributed by atoms with Gasteiger partial charge in [-0.05, 0) is 70.5 Å². The fourth-order valence-electron chi connectivity index (χ4n) is 4.82. The number of likely N-dealkylation sites (tertiary alicyclic amines) is 2. The maximum absolute atomic E-state index is 11.3. The first kappa shape index (κ1) is 15.3. The van der Waals surface area contributed by atoms with Crippen LogP contribution in [0.15, 0.2) is 0 Å². The van der Waals surface area contributed by atoms with Crippen molar-refractivity contribution in [2.75, 3.05) is 19.6 Å². The second-order valence-electron chi connectivity index (χ2n) is 7.24. The number of nitrogens with zero attached hydrogens (tertiary/aromatic N) is 2. The van der Waals surface area contributed by atoms with Gasteiger partial charge in [0.05, 0.1) is 0 Å². The quantitative estimate of drug-likeness (QED) is 0.865. The van der Waals surface area contributed by atoms with E-state index in [1.165, 1.54) is 38.8 Å². The van der Waals surface area contributed by atoms with Gasteiger partial charge in [-0.3, -0.25) is 9.69 Å². The lowest BCUT2D eigenvalue weighted by Gasteiger charge is -2.40. The van der Waals surface area contributed by atoms with E-state index in [0.717, 1.165) is 44.2 Å². The smallest absolute Gasteiger partial charge is 0.320 e. The van der Waals surface area contributed by atoms with Gasteiger partial charge in [0.25, 0.3) is 0 Å². The number of aliphatic carboxylic acids is 1. The largest absolute Gasteiger partial charge is 0.480 e. The number of piperidine rings is 1. The van der Waals surface area contributed by atoms with Crippen molar-refractivity contribution in [1.82, 2.24) is 9.80 Å². The minimum atomic E-state index is -0.614. The lowest BCUT2D eigenvalue weighted by atomic mass is 9.99. The van der Waals surface area contributed by atoms with E-state index in [0.29, 0.717) is 6.04 Å². The molecule has 0 amide bonds. The number of rotatable bonds is 4. The third kappa shape index (κ3) is 3.26. The van der Waals surface area contributed by atoms with Gasteiger partial charge in [0.2, 0.25) is 0 Å². The fraction of sp³-hybridized carbons (Fsp3) is 0.941. The summed E-state index contributed by atoms with van der Waals surface area (Å²) in [4.78, 5) is 16.3. The molecule has 0 bridgehead atoms. The molecule has 3 rings (SSSR count). The summed E-state index contributed by atoms with van der Waals surface area (Å²) in [6.07, 6.45) is 9.74. The van der Waals surface area contributed by atoms with E-state index in [1.807, 2.05) is 0 Å². The zero-order valence-electron chi connectivity index (χ0n) is 13.3. The lowest BCUT2D eigenvalue weighted by Crippen LogP contribution is -2.50. The average molecular weight is 294 g/mol. The number of carboxylic acids is 1. The Bertz CT molecular complexity index is 366. The molecular formula is C17H30N2O2. The maximum atomic E-state index is 11.3. The molecule has 3 fully saturated rings. The van der Waals surface area contributed by atoms with Crippen LogP contribution >= 0.6 is 0 Å². The molecule has 2 heterocycles. The van der Waals surface area contributed by atoms with Crippen LogP contribution in [0.2, 0.25) is 0 Å². The molecular weight excluding hydrogens is 264 g/mol. The molecule has 4 heteroatoms. The topological polar surface area (TPSA) is 43.8 Å². The Labute approximate surface area is 128 Å². The van der Waals surface area contributed by atoms with Gasteiger partial charge >= 0.3 is 5.97 Å². The van der Waals surface area contributed by atoms with Gasteiger partial charge in [-0.1, -0.05) is 13.3 Å². The highest BCUT2D eigenvalue weighted by molar-refractivity contribution is 5.73. The third-order valence-corrected chi connectivity index (χ3v) is 6.15. The zero-order chi connectivity index (χ0) is 14.8. The standard InChI is InChI=1S/C17H30N2O2/c1-2-13-5-6-15(12-13)18-10-7-14(8-11-18)19-9-3-4-16(19)17(20)21/h13-16H,2-12H2,1H3,(H,20,21). The Morgan fingerprint density at radius 1 is 1.05 bits per heavy atom. The van der Waals surface area contributed by atoms with Gasteiger partial charge in [0.15, 0.2) is 0 Å². The minimum Gasteiger partial charge on any atom is -0.480 e. The van der Waals surface area contributed by atoms with E-state index >= 15 is 0 Å². The summed E-state index contributed by atoms with van der Waals surface area (Å²) in [7, 11) is 0. The molecule has 0 aromatic carbocycles. The Hall–Kier alpha value is -0.610. The molecule has 0 radical (unpaired) electrons. The van der Waals surface area contributed by atoms with E-state index in [2.05, 4.69) is 16.7 Å². The molecule has 21 heavy (non-hydrogen) atoms. The van der Waals surface area contributed by atoms with Crippen molar-refractivity contribution >= 4 is 5.97 Å². The predicted octanol–water partition coefficient (Wildman–Crippen LogP) is 2.58. The first-order chi connectivity index (χ1) is 10.2. The van der Waals surface area contributed by atoms with Gasteiger partial charge in [-0.2, -0.15) is 0 Å². The molecule has 3 unspecified atom stereocenters. The first-order valence-electron chi connectivity index (χ1n) is 8.91. The van der Waals surface area contributed by atoms with Crippen molar-refractivity contribution < 1.29 is 9.90 Å². The summed E-state index contributed by atoms with van der Waals surface area (Å²) < 4.78 is 0. The van der Waals surface area contributed by atoms with Gasteiger partial charge in [0, 0.05) is 12.1 Å². The molecule has 1 saturated carbocycles. The van der Waals surface area contributed by atoms with Crippen molar-refractivity contribution in [3.05, 3.63) is 0 Å². The van der Waals surface area contributed by atoms with Crippen LogP contribution in [0.5, 0.6) is 0 Å². The number of hydrogen-bond donors (Lipinski definition) is 1. The van der Waals surface area contributed by atoms with Crippen molar-refractivity contribution in [3.63, 3.8) is 0 Å². The average Bonchev–Trinajstić information content (AvgIpc) is 3.16. The Morgan fingerprint density at radius 2 is 1.81 bits per heavy atom. The Kier molecular flexibility index (Phi) is 4.85. The molecule has 120 valence electrons. The summed E-state index contributed by atoms with van der Waals surface area (Å²) in [5, 5.41) is 9.34. The third-order valence-electron chi connectivity index (χ3n) is 6.15. The molecule has 2 aliphatic heterocycles.